The van der Waals surface area contributed by atoms with E-state index in [9.17, 15) is 9.18 Å². The van der Waals surface area contributed by atoms with Crippen LogP contribution >= 0.6 is 0 Å². The van der Waals surface area contributed by atoms with E-state index >= 15 is 0 Å². The first-order chi connectivity index (χ1) is 10.1. The fraction of sp³-hybridized carbons (Fsp3) is 0.611. The van der Waals surface area contributed by atoms with E-state index in [4.69, 9.17) is 4.74 Å². The van der Waals surface area contributed by atoms with Gasteiger partial charge in [0.1, 0.15) is 11.6 Å². The minimum atomic E-state index is -0.319. The number of rotatable bonds is 5. The Balaban J connectivity index is 1.84. The molecule has 116 valence electrons. The first-order valence-corrected chi connectivity index (χ1v) is 8.11. The van der Waals surface area contributed by atoms with Crippen molar-refractivity contribution in [3.05, 3.63) is 30.1 Å². The van der Waals surface area contributed by atoms with Gasteiger partial charge in [-0.1, -0.05) is 26.7 Å². The molecule has 0 atom stereocenters. The lowest BCUT2D eigenvalue weighted by atomic mass is 9.74. The maximum absolute atomic E-state index is 12.8. The van der Waals surface area contributed by atoms with Crippen molar-refractivity contribution in [2.75, 3.05) is 0 Å². The van der Waals surface area contributed by atoms with Gasteiger partial charge in [0.05, 0.1) is 5.92 Å². The highest BCUT2D eigenvalue weighted by Crippen LogP contribution is 2.36. The molecule has 0 spiro atoms. The van der Waals surface area contributed by atoms with Gasteiger partial charge in [0.2, 0.25) is 0 Å². The molecule has 3 heteroatoms. The third-order valence-electron chi connectivity index (χ3n) is 4.85. The molecule has 0 aliphatic heterocycles. The average molecular weight is 292 g/mol. The van der Waals surface area contributed by atoms with Gasteiger partial charge in [0.25, 0.3) is 0 Å². The van der Waals surface area contributed by atoms with E-state index in [1.54, 1.807) is 0 Å². The summed E-state index contributed by atoms with van der Waals surface area (Å²) in [7, 11) is 0. The van der Waals surface area contributed by atoms with E-state index in [-0.39, 0.29) is 17.7 Å². The molecule has 1 aromatic rings. The van der Waals surface area contributed by atoms with Crippen molar-refractivity contribution in [1.82, 2.24) is 0 Å². The molecule has 0 saturated heterocycles. The molecule has 1 aliphatic carbocycles. The molecule has 0 heterocycles. The topological polar surface area (TPSA) is 26.3 Å². The normalized spacial score (nSPS) is 22.3. The molecule has 0 unspecified atom stereocenters. The van der Waals surface area contributed by atoms with Gasteiger partial charge in [0.15, 0.2) is 0 Å². The number of carbonyl (C=O) groups is 1. The molecule has 21 heavy (non-hydrogen) atoms. The van der Waals surface area contributed by atoms with E-state index < -0.39 is 0 Å². The lowest BCUT2D eigenvalue weighted by Gasteiger charge is -2.32. The van der Waals surface area contributed by atoms with Gasteiger partial charge >= 0.3 is 5.97 Å². The number of esters is 1. The molecular formula is C18H25FO2. The molecular weight excluding hydrogens is 267 g/mol. The van der Waals surface area contributed by atoms with Crippen LogP contribution in [0.25, 0.3) is 0 Å². The van der Waals surface area contributed by atoms with Crippen LogP contribution in [0.5, 0.6) is 5.75 Å². The molecule has 2 nitrogen and oxygen atoms in total. The Morgan fingerprint density at radius 2 is 1.71 bits per heavy atom. The van der Waals surface area contributed by atoms with Crippen molar-refractivity contribution in [3.8, 4) is 5.75 Å². The number of hydrogen-bond donors (Lipinski definition) is 0. The molecule has 0 amide bonds. The van der Waals surface area contributed by atoms with Crippen LogP contribution in [0, 0.1) is 23.6 Å². The fourth-order valence-corrected chi connectivity index (χ4v) is 3.48. The van der Waals surface area contributed by atoms with Crippen LogP contribution in [-0.2, 0) is 4.79 Å². The smallest absolute Gasteiger partial charge is 0.314 e. The Morgan fingerprint density at radius 3 is 2.24 bits per heavy atom. The Kier molecular flexibility index (Phi) is 5.77. The van der Waals surface area contributed by atoms with Crippen LogP contribution in [0.2, 0.25) is 0 Å². The number of benzene rings is 1. The van der Waals surface area contributed by atoms with Crippen LogP contribution in [-0.4, -0.2) is 5.97 Å². The van der Waals surface area contributed by atoms with Crippen molar-refractivity contribution in [2.45, 2.75) is 52.4 Å². The number of carbonyl (C=O) groups excluding carboxylic acids is 1. The third-order valence-corrected chi connectivity index (χ3v) is 4.85. The first-order valence-electron chi connectivity index (χ1n) is 8.11. The first kappa shape index (κ1) is 16.0. The van der Waals surface area contributed by atoms with E-state index in [1.165, 1.54) is 37.1 Å². The van der Waals surface area contributed by atoms with Crippen molar-refractivity contribution in [1.29, 1.82) is 0 Å². The van der Waals surface area contributed by atoms with Crippen LogP contribution < -0.4 is 4.74 Å². The second-order valence-corrected chi connectivity index (χ2v) is 6.06. The number of hydrogen-bond acceptors (Lipinski definition) is 2. The summed E-state index contributed by atoms with van der Waals surface area (Å²) >= 11 is 0. The van der Waals surface area contributed by atoms with Gasteiger partial charge in [-0.05, 0) is 61.8 Å². The van der Waals surface area contributed by atoms with E-state index in [0.29, 0.717) is 5.75 Å². The molecule has 1 fully saturated rings. The Morgan fingerprint density at radius 1 is 1.14 bits per heavy atom. The molecule has 0 N–H and O–H groups in total. The largest absolute Gasteiger partial charge is 0.426 e. The molecule has 2 rings (SSSR count). The fourth-order valence-electron chi connectivity index (χ4n) is 3.48. The Labute approximate surface area is 126 Å². The van der Waals surface area contributed by atoms with Gasteiger partial charge < -0.3 is 4.74 Å². The van der Waals surface area contributed by atoms with E-state index in [1.807, 2.05) is 0 Å². The quantitative estimate of drug-likeness (QED) is 0.565. The van der Waals surface area contributed by atoms with E-state index in [0.717, 1.165) is 37.5 Å². The number of ether oxygens (including phenoxy) is 1. The zero-order valence-corrected chi connectivity index (χ0v) is 13.0. The summed E-state index contributed by atoms with van der Waals surface area (Å²) < 4.78 is 18.2. The minimum Gasteiger partial charge on any atom is -0.426 e. The second-order valence-electron chi connectivity index (χ2n) is 6.06. The highest BCUT2D eigenvalue weighted by molar-refractivity contribution is 5.75. The molecule has 0 radical (unpaired) electrons. The van der Waals surface area contributed by atoms with Gasteiger partial charge in [-0.15, -0.1) is 0 Å². The summed E-state index contributed by atoms with van der Waals surface area (Å²) in [5.41, 5.74) is 0. The summed E-state index contributed by atoms with van der Waals surface area (Å²) in [5.74, 6) is 1.50. The maximum Gasteiger partial charge on any atom is 0.314 e. The van der Waals surface area contributed by atoms with Crippen molar-refractivity contribution in [2.24, 2.45) is 17.8 Å². The Bertz CT molecular complexity index is 443. The third kappa shape index (κ3) is 4.29. The van der Waals surface area contributed by atoms with Crippen LogP contribution in [0.4, 0.5) is 4.39 Å². The molecule has 0 aromatic heterocycles. The summed E-state index contributed by atoms with van der Waals surface area (Å²) in [6.07, 6.45) is 6.53. The van der Waals surface area contributed by atoms with Gasteiger partial charge in [-0.25, -0.2) is 4.39 Å². The summed E-state index contributed by atoms with van der Waals surface area (Å²) in [5, 5.41) is 0. The highest BCUT2D eigenvalue weighted by Gasteiger charge is 2.30. The van der Waals surface area contributed by atoms with E-state index in [2.05, 4.69) is 13.8 Å². The molecule has 1 saturated carbocycles. The zero-order valence-electron chi connectivity index (χ0n) is 13.0. The van der Waals surface area contributed by atoms with Crippen molar-refractivity contribution >= 4 is 5.97 Å². The van der Waals surface area contributed by atoms with Gasteiger partial charge in [-0.3, -0.25) is 4.79 Å². The van der Waals surface area contributed by atoms with Crippen LogP contribution in [0.1, 0.15) is 52.4 Å². The Hall–Kier alpha value is -1.38. The molecule has 0 bridgehead atoms. The van der Waals surface area contributed by atoms with Gasteiger partial charge in [0, 0.05) is 0 Å². The molecule has 1 aromatic carbocycles. The monoisotopic (exact) mass is 292 g/mol. The zero-order chi connectivity index (χ0) is 15.2. The van der Waals surface area contributed by atoms with Gasteiger partial charge in [-0.2, -0.15) is 0 Å². The van der Waals surface area contributed by atoms with Crippen LogP contribution in [0.15, 0.2) is 24.3 Å². The predicted molar refractivity (Wildman–Crippen MR) is 81.6 cm³/mol. The van der Waals surface area contributed by atoms with Crippen molar-refractivity contribution in [3.63, 3.8) is 0 Å². The minimum absolute atomic E-state index is 0.000616. The summed E-state index contributed by atoms with van der Waals surface area (Å²) in [6, 6.07) is 5.63. The van der Waals surface area contributed by atoms with Crippen LogP contribution in [0.3, 0.4) is 0 Å². The summed E-state index contributed by atoms with van der Waals surface area (Å²) in [4.78, 5) is 12.2. The second kappa shape index (κ2) is 7.58. The van der Waals surface area contributed by atoms with Crippen molar-refractivity contribution < 1.29 is 13.9 Å². The standard InChI is InChI=1S/C18H25FO2/c1-3-13(4-2)14-5-7-15(8-6-14)18(20)21-17-11-9-16(19)10-12-17/h9-15H,3-8H2,1-2H3. The summed E-state index contributed by atoms with van der Waals surface area (Å²) in [6.45, 7) is 4.51. The lowest BCUT2D eigenvalue weighted by molar-refractivity contribution is -0.140. The average Bonchev–Trinajstić information content (AvgIpc) is 2.51. The maximum atomic E-state index is 12.8. The molecule has 1 aliphatic rings. The highest BCUT2D eigenvalue weighted by atomic mass is 19.1. The predicted octanol–water partition coefficient (Wildman–Crippen LogP) is 4.97. The number of halogens is 1. The lowest BCUT2D eigenvalue weighted by Crippen LogP contribution is -2.28. The SMILES string of the molecule is CCC(CC)C1CCC(C(=O)Oc2ccc(F)cc2)CC1.